The molecule has 0 saturated heterocycles. The minimum absolute atomic E-state index is 0.325. The third kappa shape index (κ3) is 3.18. The van der Waals surface area contributed by atoms with Gasteiger partial charge in [0.2, 0.25) is 0 Å². The molecule has 0 saturated carbocycles. The van der Waals surface area contributed by atoms with Crippen molar-refractivity contribution < 1.29 is 5.11 Å². The Balaban J connectivity index is 2.92. The molecule has 0 bridgehead atoms. The molecular formula is C12H21N3O. The highest BCUT2D eigenvalue weighted by atomic mass is 16.3. The van der Waals surface area contributed by atoms with Crippen molar-refractivity contribution in [1.82, 2.24) is 10.3 Å². The first-order valence-electron chi connectivity index (χ1n) is 5.51. The van der Waals surface area contributed by atoms with Crippen LogP contribution in [0.4, 0.5) is 5.82 Å². The van der Waals surface area contributed by atoms with E-state index in [4.69, 9.17) is 5.73 Å². The molecular weight excluding hydrogens is 202 g/mol. The summed E-state index contributed by atoms with van der Waals surface area (Å²) in [5, 5.41) is 13.6. The topological polar surface area (TPSA) is 71.2 Å². The van der Waals surface area contributed by atoms with Crippen molar-refractivity contribution in [2.45, 2.75) is 39.3 Å². The highest BCUT2D eigenvalue weighted by molar-refractivity contribution is 5.44. The summed E-state index contributed by atoms with van der Waals surface area (Å²) >= 11 is 0. The molecule has 1 heterocycles. The number of aliphatic hydroxyl groups is 1. The number of rotatable bonds is 4. The van der Waals surface area contributed by atoms with Gasteiger partial charge in [0.25, 0.3) is 0 Å². The van der Waals surface area contributed by atoms with Crippen molar-refractivity contribution in [2.24, 2.45) is 0 Å². The largest absolute Gasteiger partial charge is 0.384 e. The Kier molecular flexibility index (Phi) is 3.88. The fourth-order valence-electron chi connectivity index (χ4n) is 1.51. The van der Waals surface area contributed by atoms with Crippen LogP contribution in [0.25, 0.3) is 0 Å². The van der Waals surface area contributed by atoms with Gasteiger partial charge < -0.3 is 16.2 Å². The standard InChI is InChI=1S/C12H21N3O/c1-8(2)15-7-12(4,16)10-5-9(3)6-14-11(10)13/h5-6,8,15-16H,7H2,1-4H3,(H2,13,14). The second-order valence-corrected chi connectivity index (χ2v) is 4.75. The average molecular weight is 223 g/mol. The summed E-state index contributed by atoms with van der Waals surface area (Å²) in [6.07, 6.45) is 1.70. The van der Waals surface area contributed by atoms with E-state index in [1.54, 1.807) is 13.1 Å². The monoisotopic (exact) mass is 223 g/mol. The lowest BCUT2D eigenvalue weighted by atomic mass is 9.95. The predicted molar refractivity (Wildman–Crippen MR) is 66.1 cm³/mol. The summed E-state index contributed by atoms with van der Waals surface area (Å²) in [5.74, 6) is 0.390. The van der Waals surface area contributed by atoms with Crippen molar-refractivity contribution >= 4 is 5.82 Å². The van der Waals surface area contributed by atoms with Crippen LogP contribution in [-0.4, -0.2) is 22.7 Å². The molecule has 0 aliphatic heterocycles. The summed E-state index contributed by atoms with van der Waals surface area (Å²) < 4.78 is 0. The van der Waals surface area contributed by atoms with E-state index in [9.17, 15) is 5.11 Å². The van der Waals surface area contributed by atoms with Crippen molar-refractivity contribution in [2.75, 3.05) is 12.3 Å². The average Bonchev–Trinajstić information content (AvgIpc) is 2.19. The van der Waals surface area contributed by atoms with Crippen molar-refractivity contribution in [3.63, 3.8) is 0 Å². The Morgan fingerprint density at radius 2 is 2.19 bits per heavy atom. The van der Waals surface area contributed by atoms with Crippen LogP contribution in [-0.2, 0) is 5.60 Å². The molecule has 90 valence electrons. The normalized spacial score (nSPS) is 15.1. The molecule has 16 heavy (non-hydrogen) atoms. The number of aromatic nitrogens is 1. The maximum atomic E-state index is 10.4. The molecule has 4 heteroatoms. The number of aryl methyl sites for hydroxylation is 1. The van der Waals surface area contributed by atoms with Crippen LogP contribution in [0.3, 0.4) is 0 Å². The summed E-state index contributed by atoms with van der Waals surface area (Å²) in [7, 11) is 0. The van der Waals surface area contributed by atoms with Crippen LogP contribution in [0.5, 0.6) is 0 Å². The summed E-state index contributed by atoms with van der Waals surface area (Å²) in [4.78, 5) is 4.06. The molecule has 0 aliphatic rings. The fraction of sp³-hybridized carbons (Fsp3) is 0.583. The minimum Gasteiger partial charge on any atom is -0.384 e. The molecule has 1 atom stereocenters. The zero-order chi connectivity index (χ0) is 12.3. The van der Waals surface area contributed by atoms with Crippen LogP contribution in [0, 0.1) is 6.92 Å². The van der Waals surface area contributed by atoms with Crippen LogP contribution in [0.2, 0.25) is 0 Å². The highest BCUT2D eigenvalue weighted by Gasteiger charge is 2.26. The van der Waals surface area contributed by atoms with E-state index in [0.29, 0.717) is 24.0 Å². The second-order valence-electron chi connectivity index (χ2n) is 4.75. The van der Waals surface area contributed by atoms with Gasteiger partial charge in [0, 0.05) is 24.3 Å². The molecule has 0 aromatic carbocycles. The quantitative estimate of drug-likeness (QED) is 0.716. The molecule has 0 fully saturated rings. The van der Waals surface area contributed by atoms with E-state index in [2.05, 4.69) is 10.3 Å². The number of pyridine rings is 1. The zero-order valence-corrected chi connectivity index (χ0v) is 10.4. The van der Waals surface area contributed by atoms with Crippen LogP contribution in [0.15, 0.2) is 12.3 Å². The van der Waals surface area contributed by atoms with Crippen LogP contribution >= 0.6 is 0 Å². The Morgan fingerprint density at radius 1 is 1.56 bits per heavy atom. The van der Waals surface area contributed by atoms with Crippen molar-refractivity contribution in [3.8, 4) is 0 Å². The smallest absolute Gasteiger partial charge is 0.129 e. The molecule has 0 spiro atoms. The Labute approximate surface area is 96.9 Å². The van der Waals surface area contributed by atoms with Gasteiger partial charge in [-0.1, -0.05) is 13.8 Å². The van der Waals surface area contributed by atoms with E-state index < -0.39 is 5.60 Å². The lowest BCUT2D eigenvalue weighted by molar-refractivity contribution is 0.0554. The number of hydrogen-bond donors (Lipinski definition) is 3. The molecule has 4 N–H and O–H groups in total. The first-order chi connectivity index (χ1) is 7.33. The summed E-state index contributed by atoms with van der Waals surface area (Å²) in [6, 6.07) is 2.20. The Bertz CT molecular complexity index is 361. The van der Waals surface area contributed by atoms with Gasteiger partial charge in [-0.05, 0) is 25.5 Å². The van der Waals surface area contributed by atoms with Gasteiger partial charge in [0.15, 0.2) is 0 Å². The molecule has 1 rings (SSSR count). The zero-order valence-electron chi connectivity index (χ0n) is 10.4. The van der Waals surface area contributed by atoms with Gasteiger partial charge in [0.1, 0.15) is 11.4 Å². The number of anilines is 1. The first kappa shape index (κ1) is 12.9. The number of nitrogens with zero attached hydrogens (tertiary/aromatic N) is 1. The van der Waals surface area contributed by atoms with E-state index in [-0.39, 0.29) is 0 Å². The molecule has 0 radical (unpaired) electrons. The minimum atomic E-state index is -0.993. The number of nitrogen functional groups attached to an aromatic ring is 1. The number of hydrogen-bond acceptors (Lipinski definition) is 4. The molecule has 1 aromatic rings. The molecule has 4 nitrogen and oxygen atoms in total. The highest BCUT2D eigenvalue weighted by Crippen LogP contribution is 2.25. The van der Waals surface area contributed by atoms with Gasteiger partial charge in [-0.3, -0.25) is 0 Å². The third-order valence-corrected chi connectivity index (χ3v) is 2.49. The van der Waals surface area contributed by atoms with Crippen molar-refractivity contribution in [3.05, 3.63) is 23.4 Å². The first-order valence-corrected chi connectivity index (χ1v) is 5.51. The Morgan fingerprint density at radius 3 is 2.75 bits per heavy atom. The number of nitrogens with one attached hydrogen (secondary N) is 1. The second kappa shape index (κ2) is 4.80. The van der Waals surface area contributed by atoms with E-state index in [1.807, 2.05) is 26.8 Å². The SMILES string of the molecule is Cc1cnc(N)c(C(C)(O)CNC(C)C)c1. The van der Waals surface area contributed by atoms with E-state index >= 15 is 0 Å². The Hall–Kier alpha value is -1.13. The van der Waals surface area contributed by atoms with Gasteiger partial charge in [0.05, 0.1) is 0 Å². The lowest BCUT2D eigenvalue weighted by Gasteiger charge is -2.26. The summed E-state index contributed by atoms with van der Waals surface area (Å²) in [5.41, 5.74) is 6.47. The van der Waals surface area contributed by atoms with E-state index in [1.165, 1.54) is 0 Å². The van der Waals surface area contributed by atoms with Gasteiger partial charge in [-0.2, -0.15) is 0 Å². The summed E-state index contributed by atoms with van der Waals surface area (Å²) in [6.45, 7) is 8.21. The fourth-order valence-corrected chi connectivity index (χ4v) is 1.51. The maximum absolute atomic E-state index is 10.4. The predicted octanol–water partition coefficient (Wildman–Crippen LogP) is 1.18. The van der Waals surface area contributed by atoms with Crippen LogP contribution < -0.4 is 11.1 Å². The van der Waals surface area contributed by atoms with Gasteiger partial charge in [-0.15, -0.1) is 0 Å². The van der Waals surface area contributed by atoms with Gasteiger partial charge in [-0.25, -0.2) is 4.98 Å². The molecule has 1 aromatic heterocycles. The number of nitrogens with two attached hydrogens (primary N) is 1. The van der Waals surface area contributed by atoms with Gasteiger partial charge >= 0.3 is 0 Å². The van der Waals surface area contributed by atoms with Crippen molar-refractivity contribution in [1.29, 1.82) is 0 Å². The lowest BCUT2D eigenvalue weighted by Crippen LogP contribution is -2.39. The molecule has 1 unspecified atom stereocenters. The third-order valence-electron chi connectivity index (χ3n) is 2.49. The van der Waals surface area contributed by atoms with E-state index in [0.717, 1.165) is 5.56 Å². The van der Waals surface area contributed by atoms with Crippen LogP contribution in [0.1, 0.15) is 31.9 Å². The maximum Gasteiger partial charge on any atom is 0.129 e. The molecule has 0 amide bonds. The molecule has 0 aliphatic carbocycles.